The van der Waals surface area contributed by atoms with E-state index >= 15 is 0 Å². The molecule has 0 amide bonds. The molecular weight excluding hydrogens is 511 g/mol. The number of imidazole rings is 1. The molecule has 3 heterocycles. The number of hydrogen-bond acceptors (Lipinski definition) is 10. The quantitative estimate of drug-likeness (QED) is 0.239. The third kappa shape index (κ3) is 3.88. The summed E-state index contributed by atoms with van der Waals surface area (Å²) in [6.45, 7) is -0.429. The number of halogens is 1. The molecule has 1 aliphatic rings. The van der Waals surface area contributed by atoms with E-state index in [0.29, 0.717) is 16.7 Å². The number of ether oxygens (including phenoxy) is 2. The molecule has 2 aromatic heterocycles. The third-order valence-corrected chi connectivity index (χ3v) is 5.38. The number of nitrogens with two attached hydrogens (primary N) is 1. The molecule has 4 rings (SSSR count). The number of aromatic nitrogens is 4. The lowest BCUT2D eigenvalue weighted by molar-refractivity contribution is -0.385. The van der Waals surface area contributed by atoms with E-state index in [4.69, 9.17) is 15.2 Å². The van der Waals surface area contributed by atoms with Gasteiger partial charge >= 0.3 is 0 Å². The van der Waals surface area contributed by atoms with Gasteiger partial charge in [-0.05, 0) is 34.7 Å². The zero-order valence-corrected chi connectivity index (χ0v) is 17.5. The average molecular weight is 528 g/mol. The second-order valence-corrected chi connectivity index (χ2v) is 7.89. The first kappa shape index (κ1) is 20.6. The summed E-state index contributed by atoms with van der Waals surface area (Å²) >= 11 is 2.00. The standard InChI is InChI=1S/C17H17IN6O6/c18-9-2-1-8(10(3-9)24(27)28)6-29-16-14-15(21-17(19)22-16)23(7-20-14)13-4-11(26)12(5-25)30-13/h1-3,7,11-13,25-26H,4-6H2,(H2,19,21,22)/t11?,12-,13-/m1/s1. The maximum Gasteiger partial charge on any atom is 0.277 e. The lowest BCUT2D eigenvalue weighted by atomic mass is 10.2. The summed E-state index contributed by atoms with van der Waals surface area (Å²) in [6.07, 6.45) is -0.430. The number of nitrogen functional groups attached to an aromatic ring is 1. The van der Waals surface area contributed by atoms with E-state index < -0.39 is 23.4 Å². The summed E-state index contributed by atoms with van der Waals surface area (Å²) in [4.78, 5) is 23.3. The van der Waals surface area contributed by atoms with E-state index in [2.05, 4.69) is 15.0 Å². The zero-order chi connectivity index (χ0) is 21.4. The van der Waals surface area contributed by atoms with Crippen LogP contribution in [0, 0.1) is 13.7 Å². The van der Waals surface area contributed by atoms with Crippen LogP contribution in [0.25, 0.3) is 11.2 Å². The summed E-state index contributed by atoms with van der Waals surface area (Å²) < 4.78 is 13.7. The minimum absolute atomic E-state index is 0.0610. The average Bonchev–Trinajstić information content (AvgIpc) is 3.29. The summed E-state index contributed by atoms with van der Waals surface area (Å²) in [5.74, 6) is -0.00466. The Morgan fingerprint density at radius 3 is 2.93 bits per heavy atom. The first-order valence-corrected chi connectivity index (χ1v) is 9.95. The van der Waals surface area contributed by atoms with Crippen LogP contribution in [0.5, 0.6) is 5.88 Å². The van der Waals surface area contributed by atoms with Crippen molar-refractivity contribution in [1.82, 2.24) is 19.5 Å². The van der Waals surface area contributed by atoms with Crippen molar-refractivity contribution in [2.45, 2.75) is 31.5 Å². The van der Waals surface area contributed by atoms with Crippen LogP contribution in [0.3, 0.4) is 0 Å². The Bertz CT molecular complexity index is 1110. The number of aliphatic hydroxyl groups excluding tert-OH is 2. The Morgan fingerprint density at radius 1 is 1.43 bits per heavy atom. The Kier molecular flexibility index (Phi) is 5.68. The minimum Gasteiger partial charge on any atom is -0.471 e. The highest BCUT2D eigenvalue weighted by Crippen LogP contribution is 2.33. The SMILES string of the molecule is Nc1nc(OCc2ccc(I)cc2[N+](=O)[O-])c2ncn([C@H]3CC(O)[C@@H](CO)O3)c2n1. The molecule has 13 heteroatoms. The molecule has 1 aromatic carbocycles. The van der Waals surface area contributed by atoms with Crippen molar-refractivity contribution in [3.8, 4) is 5.88 Å². The van der Waals surface area contributed by atoms with Gasteiger partial charge in [0.1, 0.15) is 18.9 Å². The molecule has 3 aromatic rings. The van der Waals surface area contributed by atoms with E-state index in [0.717, 1.165) is 3.57 Å². The molecule has 1 aliphatic heterocycles. The zero-order valence-electron chi connectivity index (χ0n) is 15.4. The van der Waals surface area contributed by atoms with Crippen molar-refractivity contribution >= 4 is 45.4 Å². The molecule has 0 aliphatic carbocycles. The summed E-state index contributed by atoms with van der Waals surface area (Å²) in [6, 6.07) is 4.81. The molecule has 4 N–H and O–H groups in total. The van der Waals surface area contributed by atoms with Crippen molar-refractivity contribution in [1.29, 1.82) is 0 Å². The number of aliphatic hydroxyl groups is 2. The Labute approximate surface area is 183 Å². The van der Waals surface area contributed by atoms with Gasteiger partial charge in [-0.3, -0.25) is 14.7 Å². The van der Waals surface area contributed by atoms with Crippen molar-refractivity contribution in [3.05, 3.63) is 43.8 Å². The number of nitro groups is 1. The maximum atomic E-state index is 11.3. The van der Waals surface area contributed by atoms with Crippen molar-refractivity contribution in [2.24, 2.45) is 0 Å². The van der Waals surface area contributed by atoms with E-state index in [1.165, 1.54) is 12.4 Å². The van der Waals surface area contributed by atoms with Gasteiger partial charge in [0.25, 0.3) is 5.69 Å². The van der Waals surface area contributed by atoms with Crippen LogP contribution in [0.4, 0.5) is 11.6 Å². The van der Waals surface area contributed by atoms with Gasteiger partial charge in [-0.2, -0.15) is 9.97 Å². The van der Waals surface area contributed by atoms with Crippen LogP contribution in [-0.2, 0) is 11.3 Å². The number of hydrogen-bond donors (Lipinski definition) is 3. The minimum atomic E-state index is -0.825. The van der Waals surface area contributed by atoms with Gasteiger partial charge in [0.15, 0.2) is 11.2 Å². The Morgan fingerprint density at radius 2 is 2.23 bits per heavy atom. The molecule has 1 saturated heterocycles. The third-order valence-electron chi connectivity index (χ3n) is 4.71. The topological polar surface area (TPSA) is 172 Å². The molecule has 30 heavy (non-hydrogen) atoms. The highest BCUT2D eigenvalue weighted by molar-refractivity contribution is 14.1. The van der Waals surface area contributed by atoms with Crippen LogP contribution in [0.2, 0.25) is 0 Å². The fraction of sp³-hybridized carbons (Fsp3) is 0.353. The van der Waals surface area contributed by atoms with Gasteiger partial charge in [0.2, 0.25) is 11.8 Å². The van der Waals surface area contributed by atoms with E-state index in [-0.39, 0.29) is 37.2 Å². The summed E-state index contributed by atoms with van der Waals surface area (Å²) in [5.41, 5.74) is 6.75. The number of nitrogens with zero attached hydrogens (tertiary/aromatic N) is 5. The Balaban J connectivity index is 1.64. The van der Waals surface area contributed by atoms with E-state index in [1.807, 2.05) is 22.6 Å². The van der Waals surface area contributed by atoms with Gasteiger partial charge in [-0.1, -0.05) is 0 Å². The molecule has 1 unspecified atom stereocenters. The number of anilines is 1. The molecule has 12 nitrogen and oxygen atoms in total. The molecule has 0 radical (unpaired) electrons. The fourth-order valence-corrected chi connectivity index (χ4v) is 3.72. The lowest BCUT2D eigenvalue weighted by Crippen LogP contribution is -2.24. The molecule has 0 bridgehead atoms. The number of nitro benzene ring substituents is 1. The molecule has 3 atom stereocenters. The second-order valence-electron chi connectivity index (χ2n) is 6.64. The Hall–Kier alpha value is -2.62. The first-order chi connectivity index (χ1) is 14.4. The highest BCUT2D eigenvalue weighted by atomic mass is 127. The molecule has 1 fully saturated rings. The van der Waals surface area contributed by atoms with Crippen LogP contribution >= 0.6 is 22.6 Å². The summed E-state index contributed by atoms with van der Waals surface area (Å²) in [7, 11) is 0. The maximum absolute atomic E-state index is 11.3. The number of benzene rings is 1. The van der Waals surface area contributed by atoms with Crippen LogP contribution in [0.1, 0.15) is 18.2 Å². The van der Waals surface area contributed by atoms with Gasteiger partial charge in [0, 0.05) is 16.1 Å². The molecular formula is C17H17IN6O6. The predicted octanol–water partition coefficient (Wildman–Crippen LogP) is 1.14. The second kappa shape index (κ2) is 8.25. The molecule has 0 spiro atoms. The number of rotatable bonds is 6. The van der Waals surface area contributed by atoms with Gasteiger partial charge in [0.05, 0.1) is 29.5 Å². The van der Waals surface area contributed by atoms with E-state index in [1.54, 1.807) is 16.7 Å². The smallest absolute Gasteiger partial charge is 0.277 e. The van der Waals surface area contributed by atoms with Crippen LogP contribution in [0.15, 0.2) is 24.5 Å². The van der Waals surface area contributed by atoms with Crippen LogP contribution < -0.4 is 10.5 Å². The van der Waals surface area contributed by atoms with Crippen molar-refractivity contribution in [3.63, 3.8) is 0 Å². The van der Waals surface area contributed by atoms with Gasteiger partial charge in [-0.15, -0.1) is 0 Å². The van der Waals surface area contributed by atoms with Crippen molar-refractivity contribution < 1.29 is 24.6 Å². The van der Waals surface area contributed by atoms with E-state index in [9.17, 15) is 20.3 Å². The van der Waals surface area contributed by atoms with Gasteiger partial charge in [-0.25, -0.2) is 4.98 Å². The number of fused-ring (bicyclic) bond motifs is 1. The summed E-state index contributed by atoms with van der Waals surface area (Å²) in [5, 5.41) is 30.6. The molecule has 158 valence electrons. The molecule has 0 saturated carbocycles. The monoisotopic (exact) mass is 528 g/mol. The normalized spacial score (nSPS) is 21.2. The predicted molar refractivity (Wildman–Crippen MR) is 112 cm³/mol. The van der Waals surface area contributed by atoms with Gasteiger partial charge < -0.3 is 25.4 Å². The van der Waals surface area contributed by atoms with Crippen molar-refractivity contribution in [2.75, 3.05) is 12.3 Å². The fourth-order valence-electron chi connectivity index (χ4n) is 3.24. The largest absolute Gasteiger partial charge is 0.471 e. The van der Waals surface area contributed by atoms with Crippen LogP contribution in [-0.4, -0.2) is 53.5 Å². The first-order valence-electron chi connectivity index (χ1n) is 8.87. The lowest BCUT2D eigenvalue weighted by Gasteiger charge is -2.14. The highest BCUT2D eigenvalue weighted by Gasteiger charge is 2.35.